The zero-order valence-corrected chi connectivity index (χ0v) is 14.6. The van der Waals surface area contributed by atoms with Crippen LogP contribution < -0.4 is 24.0 Å². The molecule has 0 aromatic carbocycles. The normalized spacial score (nSPS) is 11.4. The summed E-state index contributed by atoms with van der Waals surface area (Å²) < 4.78 is 10.5. The largest absolute Gasteiger partial charge is 2.00 e. The molecule has 0 saturated carbocycles. The van der Waals surface area contributed by atoms with Gasteiger partial charge in [-0.1, -0.05) is 26.2 Å². The van der Waals surface area contributed by atoms with E-state index in [2.05, 4.69) is 27.2 Å². The van der Waals surface area contributed by atoms with E-state index in [0.717, 1.165) is 32.0 Å². The summed E-state index contributed by atoms with van der Waals surface area (Å²) in [6.45, 7) is 8.60. The molecule has 0 saturated heterocycles. The Bertz CT molecular complexity index is 115. The zero-order chi connectivity index (χ0) is 10.6. The van der Waals surface area contributed by atoms with Crippen LogP contribution in [-0.4, -0.2) is 43.1 Å². The molecule has 0 aliphatic carbocycles. The van der Waals surface area contributed by atoms with Crippen LogP contribution in [0.3, 0.4) is 0 Å². The van der Waals surface area contributed by atoms with Crippen LogP contribution >= 0.6 is 0 Å². The number of ether oxygens (including phenoxy) is 2. The standard InChI is InChI=1S/C12H25O2.HI.Mg/c1-4-7-12(3)8-6-10-14-11-13-9-5-2;;/h4,12H,5-11H2,1-3H3;1H;/q-1;;+2/p-1. The molecule has 0 fully saturated rings. The van der Waals surface area contributed by atoms with Gasteiger partial charge in [0.15, 0.2) is 0 Å². The molecule has 0 N–H and O–H groups in total. The summed E-state index contributed by atoms with van der Waals surface area (Å²) in [4.78, 5) is 0. The van der Waals surface area contributed by atoms with Crippen molar-refractivity contribution in [3.8, 4) is 0 Å². The fraction of sp³-hybridized carbons (Fsp3) is 0.917. The van der Waals surface area contributed by atoms with Crippen molar-refractivity contribution in [2.75, 3.05) is 20.0 Å². The third kappa shape index (κ3) is 17.8. The Hall–Kier alpha value is 1.42. The fourth-order valence-corrected chi connectivity index (χ4v) is 1.38. The first-order chi connectivity index (χ1) is 6.81. The van der Waals surface area contributed by atoms with Gasteiger partial charge in [0, 0.05) is 13.2 Å². The molecule has 94 valence electrons. The summed E-state index contributed by atoms with van der Waals surface area (Å²) in [7, 11) is 0. The maximum Gasteiger partial charge on any atom is 2.00 e. The Morgan fingerprint density at radius 2 is 1.81 bits per heavy atom. The van der Waals surface area contributed by atoms with Crippen molar-refractivity contribution in [1.29, 1.82) is 0 Å². The first-order valence-corrected chi connectivity index (χ1v) is 5.74. The van der Waals surface area contributed by atoms with Crippen molar-refractivity contribution in [1.82, 2.24) is 0 Å². The fourth-order valence-electron chi connectivity index (χ4n) is 1.38. The van der Waals surface area contributed by atoms with Gasteiger partial charge >= 0.3 is 23.1 Å². The van der Waals surface area contributed by atoms with Crippen LogP contribution in [0.5, 0.6) is 0 Å². The van der Waals surface area contributed by atoms with E-state index >= 15 is 0 Å². The predicted octanol–water partition coefficient (Wildman–Crippen LogP) is 0.0409. The van der Waals surface area contributed by atoms with Crippen molar-refractivity contribution >= 4 is 23.1 Å². The van der Waals surface area contributed by atoms with Gasteiger partial charge in [0.25, 0.3) is 0 Å². The maximum atomic E-state index is 5.33. The Kier molecular flexibility index (Phi) is 26.5. The van der Waals surface area contributed by atoms with E-state index in [-0.39, 0.29) is 47.0 Å². The molecular weight excluding hydrogens is 327 g/mol. The van der Waals surface area contributed by atoms with Gasteiger partial charge < -0.3 is 39.9 Å². The maximum absolute atomic E-state index is 5.33. The summed E-state index contributed by atoms with van der Waals surface area (Å²) in [5.41, 5.74) is 0. The molecule has 0 aromatic rings. The molecule has 16 heavy (non-hydrogen) atoms. The Balaban J connectivity index is -0.000000845. The number of halogens is 1. The number of rotatable bonds is 10. The van der Waals surface area contributed by atoms with Crippen LogP contribution in [0.4, 0.5) is 0 Å². The molecular formula is C12H25IMgO2. The third-order valence-corrected chi connectivity index (χ3v) is 2.14. The van der Waals surface area contributed by atoms with Gasteiger partial charge in [-0.2, -0.15) is 13.3 Å². The average molecular weight is 353 g/mol. The second kappa shape index (κ2) is 18.8. The molecule has 0 heterocycles. The topological polar surface area (TPSA) is 18.5 Å². The number of hydrogen-bond donors (Lipinski definition) is 0. The average Bonchev–Trinajstić information content (AvgIpc) is 2.17. The third-order valence-electron chi connectivity index (χ3n) is 2.14. The molecule has 0 aromatic heterocycles. The molecule has 0 aliphatic rings. The van der Waals surface area contributed by atoms with E-state index in [1.165, 1.54) is 12.8 Å². The van der Waals surface area contributed by atoms with Gasteiger partial charge in [0.1, 0.15) is 6.79 Å². The molecule has 1 unspecified atom stereocenters. The van der Waals surface area contributed by atoms with E-state index < -0.39 is 0 Å². The minimum Gasteiger partial charge on any atom is -1.00 e. The predicted molar refractivity (Wildman–Crippen MR) is 65.8 cm³/mol. The van der Waals surface area contributed by atoms with Crippen molar-refractivity contribution < 1.29 is 33.5 Å². The first-order valence-electron chi connectivity index (χ1n) is 5.74. The second-order valence-electron chi connectivity index (χ2n) is 3.83. The molecule has 4 heteroatoms. The zero-order valence-electron chi connectivity index (χ0n) is 11.0. The van der Waals surface area contributed by atoms with Crippen LogP contribution in [0.2, 0.25) is 0 Å². The van der Waals surface area contributed by atoms with Crippen LogP contribution in [0.15, 0.2) is 0 Å². The summed E-state index contributed by atoms with van der Waals surface area (Å²) in [6.07, 6.45) is 6.90. The molecule has 0 spiro atoms. The minimum absolute atomic E-state index is 0. The van der Waals surface area contributed by atoms with Crippen LogP contribution in [0.25, 0.3) is 0 Å². The summed E-state index contributed by atoms with van der Waals surface area (Å²) in [5, 5.41) is 0. The van der Waals surface area contributed by atoms with E-state index in [1.807, 2.05) is 0 Å². The minimum atomic E-state index is 0. The van der Waals surface area contributed by atoms with Crippen LogP contribution in [0, 0.1) is 12.3 Å². The van der Waals surface area contributed by atoms with E-state index in [1.54, 1.807) is 0 Å². The van der Waals surface area contributed by atoms with E-state index in [9.17, 15) is 0 Å². The summed E-state index contributed by atoms with van der Waals surface area (Å²) >= 11 is 0. The van der Waals surface area contributed by atoms with E-state index in [4.69, 9.17) is 9.47 Å². The smallest absolute Gasteiger partial charge is 1.00 e. The van der Waals surface area contributed by atoms with Crippen LogP contribution in [0.1, 0.15) is 46.5 Å². The molecule has 1 atom stereocenters. The van der Waals surface area contributed by atoms with Crippen molar-refractivity contribution in [2.45, 2.75) is 46.5 Å². The van der Waals surface area contributed by atoms with Gasteiger partial charge in [-0.3, -0.25) is 0 Å². The van der Waals surface area contributed by atoms with Crippen molar-refractivity contribution in [2.24, 2.45) is 5.92 Å². The van der Waals surface area contributed by atoms with Gasteiger partial charge in [-0.15, -0.1) is 0 Å². The first kappa shape index (κ1) is 22.6. The molecule has 0 bridgehead atoms. The molecule has 0 amide bonds. The Labute approximate surface area is 134 Å². The van der Waals surface area contributed by atoms with E-state index in [0.29, 0.717) is 6.79 Å². The molecule has 2 nitrogen and oxygen atoms in total. The SMILES string of the molecule is C[CH-]CC(C)CCCOCOCCC.[I-].[Mg+2]. The quantitative estimate of drug-likeness (QED) is 0.182. The monoisotopic (exact) mass is 352 g/mol. The van der Waals surface area contributed by atoms with Crippen molar-refractivity contribution in [3.05, 3.63) is 6.42 Å². The molecule has 0 rings (SSSR count). The molecule has 0 aliphatic heterocycles. The Morgan fingerprint density at radius 1 is 1.19 bits per heavy atom. The van der Waals surface area contributed by atoms with Gasteiger partial charge in [-0.25, -0.2) is 0 Å². The summed E-state index contributed by atoms with van der Waals surface area (Å²) in [5.74, 6) is 0.792. The summed E-state index contributed by atoms with van der Waals surface area (Å²) in [6, 6.07) is 0. The van der Waals surface area contributed by atoms with Gasteiger partial charge in [0.2, 0.25) is 0 Å². The van der Waals surface area contributed by atoms with Gasteiger partial charge in [0.05, 0.1) is 0 Å². The second-order valence-corrected chi connectivity index (χ2v) is 3.83. The van der Waals surface area contributed by atoms with Crippen molar-refractivity contribution in [3.63, 3.8) is 0 Å². The molecule has 0 radical (unpaired) electrons. The Morgan fingerprint density at radius 3 is 2.38 bits per heavy atom. The number of hydrogen-bond acceptors (Lipinski definition) is 2. The van der Waals surface area contributed by atoms with Gasteiger partial charge in [-0.05, 0) is 12.8 Å². The van der Waals surface area contributed by atoms with Crippen LogP contribution in [-0.2, 0) is 9.47 Å².